The van der Waals surface area contributed by atoms with Crippen molar-refractivity contribution in [2.45, 2.75) is 6.42 Å². The quantitative estimate of drug-likeness (QED) is 0.917. The minimum atomic E-state index is 0.716. The van der Waals surface area contributed by atoms with Gasteiger partial charge in [-0.25, -0.2) is 0 Å². The lowest BCUT2D eigenvalue weighted by Crippen LogP contribution is -2.05. The molecule has 0 fully saturated rings. The summed E-state index contributed by atoms with van der Waals surface area (Å²) in [4.78, 5) is 4.27. The Labute approximate surface area is 114 Å². The third-order valence-corrected chi connectivity index (χ3v) is 3.59. The van der Waals surface area contributed by atoms with Crippen molar-refractivity contribution in [2.75, 3.05) is 11.9 Å². The lowest BCUT2D eigenvalue weighted by Gasteiger charge is -2.07. The van der Waals surface area contributed by atoms with E-state index in [9.17, 15) is 0 Å². The molecule has 0 unspecified atom stereocenters. The predicted molar refractivity (Wildman–Crippen MR) is 75.6 cm³/mol. The van der Waals surface area contributed by atoms with Crippen molar-refractivity contribution < 1.29 is 0 Å². The van der Waals surface area contributed by atoms with Crippen LogP contribution >= 0.6 is 27.5 Å². The topological polar surface area (TPSA) is 24.9 Å². The Balaban J connectivity index is 1.88. The average Bonchev–Trinajstić information content (AvgIpc) is 2.35. The Morgan fingerprint density at radius 2 is 2.12 bits per heavy atom. The van der Waals surface area contributed by atoms with E-state index in [2.05, 4.69) is 26.2 Å². The van der Waals surface area contributed by atoms with E-state index in [0.717, 1.165) is 28.8 Å². The van der Waals surface area contributed by atoms with Gasteiger partial charge in [-0.15, -0.1) is 0 Å². The van der Waals surface area contributed by atoms with Crippen molar-refractivity contribution in [3.63, 3.8) is 0 Å². The molecule has 1 aromatic heterocycles. The van der Waals surface area contributed by atoms with Crippen molar-refractivity contribution in [2.24, 2.45) is 0 Å². The molecule has 0 aliphatic carbocycles. The Morgan fingerprint density at radius 1 is 1.24 bits per heavy atom. The van der Waals surface area contributed by atoms with Gasteiger partial charge in [0.05, 0.1) is 5.02 Å². The standard InChI is InChI=1S/C13H12BrClN2/c14-12-5-4-11(9-13(12)15)17-8-6-10-3-1-2-7-16-10/h1-5,7,9,17H,6,8H2. The van der Waals surface area contributed by atoms with Gasteiger partial charge in [-0.3, -0.25) is 4.98 Å². The molecule has 1 heterocycles. The molecule has 1 N–H and O–H groups in total. The Morgan fingerprint density at radius 3 is 2.82 bits per heavy atom. The molecule has 17 heavy (non-hydrogen) atoms. The maximum atomic E-state index is 6.01. The highest BCUT2D eigenvalue weighted by Crippen LogP contribution is 2.25. The SMILES string of the molecule is Clc1cc(NCCc2ccccn2)ccc1Br. The lowest BCUT2D eigenvalue weighted by atomic mass is 10.2. The fourth-order valence-corrected chi connectivity index (χ4v) is 1.91. The zero-order chi connectivity index (χ0) is 12.1. The fraction of sp³-hybridized carbons (Fsp3) is 0.154. The summed E-state index contributed by atoms with van der Waals surface area (Å²) >= 11 is 9.38. The maximum Gasteiger partial charge on any atom is 0.0568 e. The van der Waals surface area contributed by atoms with Crippen LogP contribution in [0.5, 0.6) is 0 Å². The largest absolute Gasteiger partial charge is 0.385 e. The van der Waals surface area contributed by atoms with E-state index in [1.54, 1.807) is 0 Å². The summed E-state index contributed by atoms with van der Waals surface area (Å²) in [5.74, 6) is 0. The number of rotatable bonds is 4. The first kappa shape index (κ1) is 12.4. The molecule has 0 aliphatic rings. The van der Waals surface area contributed by atoms with E-state index in [1.807, 2.05) is 42.6 Å². The second-order valence-electron chi connectivity index (χ2n) is 3.63. The average molecular weight is 312 g/mol. The van der Waals surface area contributed by atoms with Crippen LogP contribution in [0.1, 0.15) is 5.69 Å². The molecule has 0 atom stereocenters. The Bertz CT molecular complexity index is 488. The molecule has 88 valence electrons. The number of pyridine rings is 1. The number of hydrogen-bond acceptors (Lipinski definition) is 2. The van der Waals surface area contributed by atoms with Gasteiger partial charge in [-0.2, -0.15) is 0 Å². The number of aromatic nitrogens is 1. The van der Waals surface area contributed by atoms with Crippen LogP contribution in [0, 0.1) is 0 Å². The molecule has 0 amide bonds. The molecule has 0 aliphatic heterocycles. The highest BCUT2D eigenvalue weighted by Gasteiger charge is 1.99. The normalized spacial score (nSPS) is 10.2. The molecule has 0 spiro atoms. The van der Waals surface area contributed by atoms with Gasteiger partial charge in [0.15, 0.2) is 0 Å². The number of nitrogens with one attached hydrogen (secondary N) is 1. The lowest BCUT2D eigenvalue weighted by molar-refractivity contribution is 0.961. The van der Waals surface area contributed by atoms with Crippen LogP contribution in [0.4, 0.5) is 5.69 Å². The number of hydrogen-bond donors (Lipinski definition) is 1. The van der Waals surface area contributed by atoms with Gasteiger partial charge in [0.25, 0.3) is 0 Å². The van der Waals surface area contributed by atoms with Crippen LogP contribution in [0.3, 0.4) is 0 Å². The molecule has 2 aromatic rings. The van der Waals surface area contributed by atoms with Crippen molar-refractivity contribution in [3.05, 3.63) is 57.8 Å². The van der Waals surface area contributed by atoms with Gasteiger partial charge in [-0.1, -0.05) is 17.7 Å². The van der Waals surface area contributed by atoms with Crippen molar-refractivity contribution in [3.8, 4) is 0 Å². The molecule has 2 rings (SSSR count). The second-order valence-corrected chi connectivity index (χ2v) is 4.89. The first-order valence-corrected chi connectivity index (χ1v) is 6.51. The van der Waals surface area contributed by atoms with Crippen LogP contribution in [-0.4, -0.2) is 11.5 Å². The molecule has 4 heteroatoms. The molecular weight excluding hydrogens is 300 g/mol. The van der Waals surface area contributed by atoms with Crippen LogP contribution in [0.15, 0.2) is 47.1 Å². The minimum absolute atomic E-state index is 0.716. The zero-order valence-electron chi connectivity index (χ0n) is 9.16. The van der Waals surface area contributed by atoms with E-state index in [0.29, 0.717) is 5.02 Å². The summed E-state index contributed by atoms with van der Waals surface area (Å²) in [5, 5.41) is 4.03. The summed E-state index contributed by atoms with van der Waals surface area (Å²) in [6.07, 6.45) is 2.71. The third-order valence-electron chi connectivity index (χ3n) is 2.36. The molecule has 0 saturated carbocycles. The monoisotopic (exact) mass is 310 g/mol. The van der Waals surface area contributed by atoms with Crippen LogP contribution in [-0.2, 0) is 6.42 Å². The molecular formula is C13H12BrClN2. The Kier molecular flexibility index (Phi) is 4.40. The van der Waals surface area contributed by atoms with Gasteiger partial charge < -0.3 is 5.32 Å². The molecule has 2 nitrogen and oxygen atoms in total. The van der Waals surface area contributed by atoms with E-state index in [1.165, 1.54) is 0 Å². The number of benzene rings is 1. The molecule has 0 saturated heterocycles. The Hall–Kier alpha value is -1.06. The second kappa shape index (κ2) is 6.03. The van der Waals surface area contributed by atoms with Crippen molar-refractivity contribution >= 4 is 33.2 Å². The summed E-state index contributed by atoms with van der Waals surface area (Å²) < 4.78 is 0.912. The highest BCUT2D eigenvalue weighted by atomic mass is 79.9. The van der Waals surface area contributed by atoms with Gasteiger partial charge in [0.2, 0.25) is 0 Å². The summed E-state index contributed by atoms with van der Waals surface area (Å²) in [5.41, 5.74) is 2.11. The van der Waals surface area contributed by atoms with Gasteiger partial charge in [0, 0.05) is 35.0 Å². The van der Waals surface area contributed by atoms with E-state index < -0.39 is 0 Å². The van der Waals surface area contributed by atoms with Gasteiger partial charge in [0.1, 0.15) is 0 Å². The van der Waals surface area contributed by atoms with Crippen LogP contribution in [0.2, 0.25) is 5.02 Å². The summed E-state index contributed by atoms with van der Waals surface area (Å²) in [6, 6.07) is 11.8. The van der Waals surface area contributed by atoms with Crippen LogP contribution in [0.25, 0.3) is 0 Å². The first-order chi connectivity index (χ1) is 8.25. The fourth-order valence-electron chi connectivity index (χ4n) is 1.49. The van der Waals surface area contributed by atoms with E-state index in [-0.39, 0.29) is 0 Å². The number of anilines is 1. The van der Waals surface area contributed by atoms with E-state index in [4.69, 9.17) is 11.6 Å². The third kappa shape index (κ3) is 3.72. The van der Waals surface area contributed by atoms with Crippen LogP contribution < -0.4 is 5.32 Å². The molecule has 0 radical (unpaired) electrons. The highest BCUT2D eigenvalue weighted by molar-refractivity contribution is 9.10. The minimum Gasteiger partial charge on any atom is -0.385 e. The van der Waals surface area contributed by atoms with Gasteiger partial charge >= 0.3 is 0 Å². The molecule has 0 bridgehead atoms. The van der Waals surface area contributed by atoms with E-state index >= 15 is 0 Å². The van der Waals surface area contributed by atoms with Crippen molar-refractivity contribution in [1.29, 1.82) is 0 Å². The predicted octanol–water partition coefficient (Wildman–Crippen LogP) is 4.15. The zero-order valence-corrected chi connectivity index (χ0v) is 11.5. The van der Waals surface area contributed by atoms with Gasteiger partial charge in [-0.05, 0) is 46.3 Å². The number of halogens is 2. The maximum absolute atomic E-state index is 6.01. The summed E-state index contributed by atoms with van der Waals surface area (Å²) in [6.45, 7) is 0.842. The summed E-state index contributed by atoms with van der Waals surface area (Å²) in [7, 11) is 0. The number of nitrogens with zero attached hydrogens (tertiary/aromatic N) is 1. The van der Waals surface area contributed by atoms with Crippen molar-refractivity contribution in [1.82, 2.24) is 4.98 Å². The smallest absolute Gasteiger partial charge is 0.0568 e. The molecule has 1 aromatic carbocycles. The first-order valence-electron chi connectivity index (χ1n) is 5.34.